The van der Waals surface area contributed by atoms with Gasteiger partial charge in [-0.15, -0.1) is 0 Å². The molecule has 0 spiro atoms. The molecule has 4 aromatic rings. The molecule has 0 saturated carbocycles. The fraction of sp³-hybridized carbons (Fsp3) is 0.115. The number of pyridine rings is 1. The number of carbonyl (C=O) groups excluding carboxylic acids is 1. The van der Waals surface area contributed by atoms with Crippen LogP contribution in [-0.4, -0.2) is 21.6 Å². The van der Waals surface area contributed by atoms with E-state index in [0.717, 1.165) is 16.5 Å². The third kappa shape index (κ3) is 4.66. The first-order valence-electron chi connectivity index (χ1n) is 10.3. The Bertz CT molecular complexity index is 1430. The van der Waals surface area contributed by atoms with Gasteiger partial charge in [0.1, 0.15) is 0 Å². The molecular weight excluding hydrogens is 440 g/mol. The lowest BCUT2D eigenvalue weighted by atomic mass is 9.96. The molecular formula is C26H21ClN2O4. The highest BCUT2D eigenvalue weighted by molar-refractivity contribution is 6.31. The van der Waals surface area contributed by atoms with Crippen LogP contribution >= 0.6 is 11.6 Å². The molecule has 6 nitrogen and oxygen atoms in total. The summed E-state index contributed by atoms with van der Waals surface area (Å²) in [6.07, 6.45) is 0.0230. The summed E-state index contributed by atoms with van der Waals surface area (Å²) in [6, 6.07) is 21.1. The van der Waals surface area contributed by atoms with Crippen LogP contribution in [0.3, 0.4) is 0 Å². The maximum absolute atomic E-state index is 13.0. The molecule has 166 valence electrons. The highest BCUT2D eigenvalue weighted by atomic mass is 35.5. The van der Waals surface area contributed by atoms with E-state index in [1.165, 1.54) is 12.1 Å². The number of hydrogen-bond acceptors (Lipinski definition) is 3. The van der Waals surface area contributed by atoms with Gasteiger partial charge in [-0.25, -0.2) is 4.79 Å². The maximum atomic E-state index is 13.0. The summed E-state index contributed by atoms with van der Waals surface area (Å²) in [5.41, 5.74) is 2.91. The van der Waals surface area contributed by atoms with E-state index in [2.05, 4.69) is 5.32 Å². The number of amides is 1. The second-order valence-electron chi connectivity index (χ2n) is 7.70. The third-order valence-electron chi connectivity index (χ3n) is 5.53. The summed E-state index contributed by atoms with van der Waals surface area (Å²) in [5, 5.41) is 13.8. The first-order chi connectivity index (χ1) is 15.8. The standard InChI is InChI=1S/C26H21ClN2O4/c1-29-22(15-28-23(30)13-16-6-5-9-18(12-16)26(32)33)24(17-7-3-2-4-8-17)21-14-19(27)10-11-20(21)25(29)31/h2-12,14H,13,15H2,1H3,(H,28,30)(H,32,33). The van der Waals surface area contributed by atoms with Crippen molar-refractivity contribution >= 4 is 34.2 Å². The summed E-state index contributed by atoms with van der Waals surface area (Å²) < 4.78 is 1.55. The maximum Gasteiger partial charge on any atom is 0.335 e. The molecule has 1 aromatic heterocycles. The van der Waals surface area contributed by atoms with Crippen LogP contribution in [0.2, 0.25) is 5.02 Å². The normalized spacial score (nSPS) is 10.8. The van der Waals surface area contributed by atoms with E-state index in [9.17, 15) is 14.4 Å². The zero-order valence-electron chi connectivity index (χ0n) is 17.8. The van der Waals surface area contributed by atoms with Crippen molar-refractivity contribution in [2.24, 2.45) is 7.05 Å². The molecule has 0 saturated heterocycles. The number of nitrogens with zero attached hydrogens (tertiary/aromatic N) is 1. The molecule has 1 heterocycles. The summed E-state index contributed by atoms with van der Waals surface area (Å²) in [5.74, 6) is -1.33. The van der Waals surface area contributed by atoms with E-state index >= 15 is 0 Å². The molecule has 0 bridgehead atoms. The minimum Gasteiger partial charge on any atom is -0.478 e. The number of rotatable bonds is 6. The Morgan fingerprint density at radius 1 is 0.970 bits per heavy atom. The molecule has 33 heavy (non-hydrogen) atoms. The van der Waals surface area contributed by atoms with Crippen LogP contribution in [-0.2, 0) is 24.8 Å². The third-order valence-corrected chi connectivity index (χ3v) is 5.77. The first kappa shape index (κ1) is 22.3. The number of aromatic nitrogens is 1. The quantitative estimate of drug-likeness (QED) is 0.446. The van der Waals surface area contributed by atoms with Crippen molar-refractivity contribution in [3.63, 3.8) is 0 Å². The molecule has 0 aliphatic carbocycles. The summed E-state index contributed by atoms with van der Waals surface area (Å²) >= 11 is 6.26. The number of aromatic carboxylic acids is 1. The van der Waals surface area contributed by atoms with Crippen molar-refractivity contribution < 1.29 is 14.7 Å². The van der Waals surface area contributed by atoms with Gasteiger partial charge in [-0.2, -0.15) is 0 Å². The number of halogens is 1. The number of hydrogen-bond donors (Lipinski definition) is 2. The summed E-state index contributed by atoms with van der Waals surface area (Å²) in [7, 11) is 1.68. The monoisotopic (exact) mass is 460 g/mol. The SMILES string of the molecule is Cn1c(CNC(=O)Cc2cccc(C(=O)O)c2)c(-c2ccccc2)c2cc(Cl)ccc2c1=O. The molecule has 0 aliphatic heterocycles. The minimum absolute atomic E-state index is 0.0230. The van der Waals surface area contributed by atoms with Gasteiger partial charge in [0.15, 0.2) is 0 Å². The van der Waals surface area contributed by atoms with Crippen LogP contribution in [0.15, 0.2) is 77.6 Å². The molecule has 1 amide bonds. The van der Waals surface area contributed by atoms with Gasteiger partial charge in [0.05, 0.1) is 18.5 Å². The van der Waals surface area contributed by atoms with Gasteiger partial charge in [0.25, 0.3) is 5.56 Å². The second kappa shape index (κ2) is 9.30. The Hall–Kier alpha value is -3.90. The highest BCUT2D eigenvalue weighted by Gasteiger charge is 2.17. The Morgan fingerprint density at radius 2 is 1.73 bits per heavy atom. The van der Waals surface area contributed by atoms with E-state index in [0.29, 0.717) is 21.7 Å². The topological polar surface area (TPSA) is 88.4 Å². The van der Waals surface area contributed by atoms with Crippen molar-refractivity contribution in [3.05, 3.63) is 105 Å². The number of fused-ring (bicyclic) bond motifs is 1. The van der Waals surface area contributed by atoms with E-state index in [-0.39, 0.29) is 30.0 Å². The largest absolute Gasteiger partial charge is 0.478 e. The van der Waals surface area contributed by atoms with Crippen LogP contribution in [0.4, 0.5) is 0 Å². The Balaban J connectivity index is 1.71. The van der Waals surface area contributed by atoms with E-state index in [1.54, 1.807) is 41.9 Å². The fourth-order valence-corrected chi connectivity index (χ4v) is 4.09. The van der Waals surface area contributed by atoms with Crippen LogP contribution < -0.4 is 10.9 Å². The van der Waals surface area contributed by atoms with Gasteiger partial charge in [0, 0.05) is 28.7 Å². The number of nitrogens with one attached hydrogen (secondary N) is 1. The Morgan fingerprint density at radius 3 is 2.45 bits per heavy atom. The number of carboxylic acids is 1. The lowest BCUT2D eigenvalue weighted by Gasteiger charge is -2.18. The smallest absolute Gasteiger partial charge is 0.335 e. The van der Waals surface area contributed by atoms with E-state index < -0.39 is 5.97 Å². The van der Waals surface area contributed by atoms with E-state index in [4.69, 9.17) is 16.7 Å². The van der Waals surface area contributed by atoms with Crippen molar-refractivity contribution in [3.8, 4) is 11.1 Å². The second-order valence-corrected chi connectivity index (χ2v) is 8.14. The summed E-state index contributed by atoms with van der Waals surface area (Å²) in [4.78, 5) is 36.9. The molecule has 0 fully saturated rings. The number of carbonyl (C=O) groups is 2. The molecule has 0 unspecified atom stereocenters. The van der Waals surface area contributed by atoms with Gasteiger partial charge in [-0.05, 0) is 46.8 Å². The van der Waals surface area contributed by atoms with Gasteiger partial charge < -0.3 is 15.0 Å². The number of carboxylic acid groups (broad SMARTS) is 1. The average molecular weight is 461 g/mol. The highest BCUT2D eigenvalue weighted by Crippen LogP contribution is 2.32. The predicted octanol–water partition coefficient (Wildman–Crippen LogP) is 4.42. The first-order valence-corrected chi connectivity index (χ1v) is 10.7. The molecule has 3 aromatic carbocycles. The molecule has 7 heteroatoms. The lowest BCUT2D eigenvalue weighted by molar-refractivity contribution is -0.120. The van der Waals surface area contributed by atoms with Crippen LogP contribution in [0.1, 0.15) is 21.6 Å². The van der Waals surface area contributed by atoms with Crippen molar-refractivity contribution in [2.45, 2.75) is 13.0 Å². The number of benzene rings is 3. The van der Waals surface area contributed by atoms with E-state index in [1.807, 2.05) is 30.3 Å². The predicted molar refractivity (Wildman–Crippen MR) is 129 cm³/mol. The fourth-order valence-electron chi connectivity index (χ4n) is 3.91. The molecule has 2 N–H and O–H groups in total. The molecule has 0 radical (unpaired) electrons. The lowest BCUT2D eigenvalue weighted by Crippen LogP contribution is -2.30. The summed E-state index contributed by atoms with van der Waals surface area (Å²) in [6.45, 7) is 0.121. The van der Waals surface area contributed by atoms with Crippen molar-refractivity contribution in [1.82, 2.24) is 9.88 Å². The van der Waals surface area contributed by atoms with Crippen LogP contribution in [0.25, 0.3) is 21.9 Å². The molecule has 0 atom stereocenters. The van der Waals surface area contributed by atoms with Gasteiger partial charge in [0.2, 0.25) is 5.91 Å². The minimum atomic E-state index is -1.05. The average Bonchev–Trinajstić information content (AvgIpc) is 2.81. The molecule has 0 aliphatic rings. The van der Waals surface area contributed by atoms with Crippen LogP contribution in [0.5, 0.6) is 0 Å². The van der Waals surface area contributed by atoms with Gasteiger partial charge in [-0.3, -0.25) is 9.59 Å². The van der Waals surface area contributed by atoms with Gasteiger partial charge >= 0.3 is 5.97 Å². The Kier molecular flexibility index (Phi) is 6.29. The zero-order valence-corrected chi connectivity index (χ0v) is 18.6. The van der Waals surface area contributed by atoms with Crippen molar-refractivity contribution in [1.29, 1.82) is 0 Å². The van der Waals surface area contributed by atoms with Crippen molar-refractivity contribution in [2.75, 3.05) is 0 Å². The zero-order chi connectivity index (χ0) is 23.5. The van der Waals surface area contributed by atoms with Gasteiger partial charge in [-0.1, -0.05) is 54.1 Å². The van der Waals surface area contributed by atoms with Crippen LogP contribution in [0, 0.1) is 0 Å². The Labute approximate surface area is 195 Å². The molecule has 4 rings (SSSR count).